The molecule has 1 rings (SSSR count). The summed E-state index contributed by atoms with van der Waals surface area (Å²) in [6, 6.07) is 4.87. The molecule has 1 heterocycles. The summed E-state index contributed by atoms with van der Waals surface area (Å²) in [6.45, 7) is 8.31. The highest BCUT2D eigenvalue weighted by Gasteiger charge is 2.05. The van der Waals surface area contributed by atoms with Crippen LogP contribution in [0.2, 0.25) is 0 Å². The van der Waals surface area contributed by atoms with Gasteiger partial charge in [-0.15, -0.1) is 11.3 Å². The number of nitrogens with zero attached hydrogens (tertiary/aromatic N) is 1. The lowest BCUT2D eigenvalue weighted by atomic mass is 10.2. The van der Waals surface area contributed by atoms with E-state index in [9.17, 15) is 0 Å². The van der Waals surface area contributed by atoms with Crippen molar-refractivity contribution in [3.63, 3.8) is 0 Å². The fourth-order valence-electron chi connectivity index (χ4n) is 1.50. The van der Waals surface area contributed by atoms with Crippen molar-refractivity contribution < 1.29 is 0 Å². The van der Waals surface area contributed by atoms with E-state index in [1.165, 1.54) is 9.75 Å². The van der Waals surface area contributed by atoms with Gasteiger partial charge < -0.3 is 11.1 Å². The number of hydrogen-bond acceptors (Lipinski definition) is 2. The highest BCUT2D eigenvalue weighted by molar-refractivity contribution is 7.11. The molecule has 4 heteroatoms. The SMILES string of the molecule is Cc1ccc(CC(C)N=C(N)NC(C)C)s1. The number of hydrogen-bond donors (Lipinski definition) is 2. The number of nitrogens with two attached hydrogens (primary N) is 1. The molecule has 0 saturated carbocycles. The standard InChI is InChI=1S/C12H21N3S/c1-8(2)14-12(13)15-9(3)7-11-6-5-10(4)16-11/h5-6,8-9H,7H2,1-4H3,(H3,13,14,15). The van der Waals surface area contributed by atoms with E-state index in [0.717, 1.165) is 6.42 Å². The number of aliphatic imine (C=N–C) groups is 1. The molecule has 0 saturated heterocycles. The topological polar surface area (TPSA) is 50.4 Å². The molecule has 0 spiro atoms. The minimum absolute atomic E-state index is 0.226. The van der Waals surface area contributed by atoms with Crippen LogP contribution in [0.4, 0.5) is 0 Å². The first-order valence-electron chi connectivity index (χ1n) is 5.62. The molecule has 0 fully saturated rings. The van der Waals surface area contributed by atoms with Gasteiger partial charge in [-0.1, -0.05) is 0 Å². The van der Waals surface area contributed by atoms with Gasteiger partial charge in [-0.05, 0) is 39.8 Å². The Bertz CT molecular complexity index is 355. The van der Waals surface area contributed by atoms with E-state index in [-0.39, 0.29) is 6.04 Å². The van der Waals surface area contributed by atoms with Gasteiger partial charge in [-0.3, -0.25) is 4.99 Å². The Morgan fingerprint density at radius 2 is 2.12 bits per heavy atom. The van der Waals surface area contributed by atoms with E-state index in [1.54, 1.807) is 0 Å². The zero-order valence-corrected chi connectivity index (χ0v) is 11.3. The maximum Gasteiger partial charge on any atom is 0.189 e. The molecule has 0 amide bonds. The van der Waals surface area contributed by atoms with Crippen molar-refractivity contribution in [2.75, 3.05) is 0 Å². The van der Waals surface area contributed by atoms with Crippen molar-refractivity contribution >= 4 is 17.3 Å². The molecule has 0 bridgehead atoms. The Hall–Kier alpha value is -1.03. The number of nitrogens with one attached hydrogen (secondary N) is 1. The number of aryl methyl sites for hydroxylation is 1. The van der Waals surface area contributed by atoms with Crippen molar-refractivity contribution in [3.8, 4) is 0 Å². The van der Waals surface area contributed by atoms with Gasteiger partial charge in [-0.2, -0.15) is 0 Å². The zero-order chi connectivity index (χ0) is 12.1. The maximum atomic E-state index is 5.78. The smallest absolute Gasteiger partial charge is 0.189 e. The van der Waals surface area contributed by atoms with Crippen LogP contribution in [0.15, 0.2) is 17.1 Å². The molecule has 16 heavy (non-hydrogen) atoms. The van der Waals surface area contributed by atoms with Crippen molar-refractivity contribution in [2.45, 2.75) is 46.2 Å². The zero-order valence-electron chi connectivity index (χ0n) is 10.4. The summed E-state index contributed by atoms with van der Waals surface area (Å²) in [6.07, 6.45) is 0.957. The van der Waals surface area contributed by atoms with Gasteiger partial charge in [0.1, 0.15) is 0 Å². The molecule has 1 unspecified atom stereocenters. The van der Waals surface area contributed by atoms with Crippen LogP contribution >= 0.6 is 11.3 Å². The Morgan fingerprint density at radius 3 is 2.62 bits per heavy atom. The normalized spacial score (nSPS) is 14.2. The van der Waals surface area contributed by atoms with Crippen molar-refractivity contribution in [1.29, 1.82) is 0 Å². The molecule has 0 aliphatic carbocycles. The van der Waals surface area contributed by atoms with Crippen molar-refractivity contribution in [3.05, 3.63) is 21.9 Å². The lowest BCUT2D eigenvalue weighted by Crippen LogP contribution is -2.37. The second-order valence-corrected chi connectivity index (χ2v) is 5.75. The predicted molar refractivity (Wildman–Crippen MR) is 72.1 cm³/mol. The average Bonchev–Trinajstić information content (AvgIpc) is 2.48. The van der Waals surface area contributed by atoms with Crippen LogP contribution in [0.1, 0.15) is 30.5 Å². The largest absolute Gasteiger partial charge is 0.370 e. The Kier molecular flexibility index (Phi) is 4.80. The van der Waals surface area contributed by atoms with Crippen molar-refractivity contribution in [2.24, 2.45) is 10.7 Å². The molecule has 90 valence electrons. The molecule has 1 atom stereocenters. The monoisotopic (exact) mass is 239 g/mol. The van der Waals surface area contributed by atoms with Gasteiger partial charge in [0.2, 0.25) is 0 Å². The summed E-state index contributed by atoms with van der Waals surface area (Å²) in [5, 5.41) is 3.10. The third kappa shape index (κ3) is 4.66. The van der Waals surface area contributed by atoms with E-state index < -0.39 is 0 Å². The van der Waals surface area contributed by atoms with E-state index in [0.29, 0.717) is 12.0 Å². The molecular weight excluding hydrogens is 218 g/mol. The van der Waals surface area contributed by atoms with E-state index in [2.05, 4.69) is 50.1 Å². The van der Waals surface area contributed by atoms with Gasteiger partial charge >= 0.3 is 0 Å². The van der Waals surface area contributed by atoms with Crippen LogP contribution in [0.25, 0.3) is 0 Å². The highest BCUT2D eigenvalue weighted by Crippen LogP contribution is 2.17. The molecule has 3 nitrogen and oxygen atoms in total. The second-order valence-electron chi connectivity index (χ2n) is 4.38. The van der Waals surface area contributed by atoms with Crippen LogP contribution in [-0.4, -0.2) is 18.0 Å². The fraction of sp³-hybridized carbons (Fsp3) is 0.583. The summed E-state index contributed by atoms with van der Waals surface area (Å²) >= 11 is 1.83. The third-order valence-corrected chi connectivity index (χ3v) is 3.11. The maximum absolute atomic E-state index is 5.78. The molecular formula is C12H21N3S. The molecule has 0 radical (unpaired) electrons. The van der Waals surface area contributed by atoms with Gasteiger partial charge in [0, 0.05) is 22.2 Å². The third-order valence-electron chi connectivity index (χ3n) is 2.09. The first-order valence-corrected chi connectivity index (χ1v) is 6.44. The predicted octanol–water partition coefficient (Wildman–Crippen LogP) is 2.30. The average molecular weight is 239 g/mol. The summed E-state index contributed by atoms with van der Waals surface area (Å²) in [4.78, 5) is 7.13. The first-order chi connectivity index (χ1) is 7.47. The highest BCUT2D eigenvalue weighted by atomic mass is 32.1. The molecule has 3 N–H and O–H groups in total. The van der Waals surface area contributed by atoms with Crippen LogP contribution in [0, 0.1) is 6.92 Å². The molecule has 0 aliphatic heterocycles. The lowest BCUT2D eigenvalue weighted by Gasteiger charge is -2.11. The lowest BCUT2D eigenvalue weighted by molar-refractivity contribution is 0.696. The van der Waals surface area contributed by atoms with Crippen molar-refractivity contribution in [1.82, 2.24) is 5.32 Å². The molecule has 0 aromatic carbocycles. The summed E-state index contributed by atoms with van der Waals surface area (Å²) < 4.78 is 0. The van der Waals surface area contributed by atoms with Gasteiger partial charge in [0.05, 0.1) is 6.04 Å². The first kappa shape index (κ1) is 13.0. The second kappa shape index (κ2) is 5.89. The summed E-state index contributed by atoms with van der Waals surface area (Å²) in [5.74, 6) is 0.538. The van der Waals surface area contributed by atoms with E-state index in [1.807, 2.05) is 11.3 Å². The Morgan fingerprint density at radius 1 is 1.44 bits per heavy atom. The molecule has 1 aromatic heterocycles. The fourth-order valence-corrected chi connectivity index (χ4v) is 2.51. The number of thiophene rings is 1. The van der Waals surface area contributed by atoms with E-state index >= 15 is 0 Å². The van der Waals surface area contributed by atoms with Gasteiger partial charge in [0.15, 0.2) is 5.96 Å². The van der Waals surface area contributed by atoms with Crippen LogP contribution in [0.5, 0.6) is 0 Å². The Labute approximate surface area is 102 Å². The molecule has 1 aromatic rings. The molecule has 0 aliphatic rings. The van der Waals surface area contributed by atoms with Crippen LogP contribution in [0.3, 0.4) is 0 Å². The summed E-state index contributed by atoms with van der Waals surface area (Å²) in [5.41, 5.74) is 5.78. The van der Waals surface area contributed by atoms with Crippen LogP contribution < -0.4 is 11.1 Å². The quantitative estimate of drug-likeness (QED) is 0.625. The minimum atomic E-state index is 0.226. The summed E-state index contributed by atoms with van der Waals surface area (Å²) in [7, 11) is 0. The van der Waals surface area contributed by atoms with Crippen LogP contribution in [-0.2, 0) is 6.42 Å². The van der Waals surface area contributed by atoms with Gasteiger partial charge in [-0.25, -0.2) is 0 Å². The number of rotatable bonds is 4. The number of guanidine groups is 1. The Balaban J connectivity index is 2.49. The van der Waals surface area contributed by atoms with E-state index in [4.69, 9.17) is 5.73 Å². The van der Waals surface area contributed by atoms with Gasteiger partial charge in [0.25, 0.3) is 0 Å². The minimum Gasteiger partial charge on any atom is -0.370 e.